The van der Waals surface area contributed by atoms with Crippen LogP contribution in [0.1, 0.15) is 30.7 Å². The average Bonchev–Trinajstić information content (AvgIpc) is 2.77. The van der Waals surface area contributed by atoms with Gasteiger partial charge in [-0.15, -0.1) is 11.3 Å². The van der Waals surface area contributed by atoms with Gasteiger partial charge in [0.1, 0.15) is 0 Å². The molecule has 0 bridgehead atoms. The van der Waals surface area contributed by atoms with E-state index >= 15 is 0 Å². The molecule has 0 aliphatic rings. The smallest absolute Gasteiger partial charge is 0.191 e. The maximum absolute atomic E-state index is 4.35. The van der Waals surface area contributed by atoms with Crippen LogP contribution in [0.5, 0.6) is 0 Å². The van der Waals surface area contributed by atoms with Crippen LogP contribution >= 0.6 is 11.3 Å². The third kappa shape index (κ3) is 7.45. The Morgan fingerprint density at radius 3 is 2.50 bits per heavy atom. The first-order chi connectivity index (χ1) is 9.40. The van der Waals surface area contributed by atoms with E-state index < -0.39 is 0 Å². The van der Waals surface area contributed by atoms with Gasteiger partial charge in [-0.25, -0.2) is 4.98 Å². The minimum atomic E-state index is 0.154. The van der Waals surface area contributed by atoms with Crippen LogP contribution in [0.25, 0.3) is 0 Å². The Kier molecular flexibility index (Phi) is 6.95. The molecule has 114 valence electrons. The number of nitrogens with zero attached hydrogens (tertiary/aromatic N) is 2. The predicted octanol–water partition coefficient (Wildman–Crippen LogP) is 1.55. The number of guanidine groups is 1. The highest BCUT2D eigenvalue weighted by molar-refractivity contribution is 7.11. The van der Waals surface area contributed by atoms with Gasteiger partial charge in [0.2, 0.25) is 0 Å². The Morgan fingerprint density at radius 2 is 1.95 bits per heavy atom. The molecule has 0 saturated heterocycles. The molecular formula is C14H27N5S. The van der Waals surface area contributed by atoms with E-state index in [1.165, 1.54) is 9.88 Å². The van der Waals surface area contributed by atoms with Crippen molar-refractivity contribution in [1.29, 1.82) is 0 Å². The number of aryl methyl sites for hydroxylation is 1. The number of aliphatic imine (C=N–C) groups is 1. The summed E-state index contributed by atoms with van der Waals surface area (Å²) < 4.78 is 0. The third-order valence-corrected chi connectivity index (χ3v) is 3.57. The van der Waals surface area contributed by atoms with Crippen LogP contribution in [0.15, 0.2) is 11.2 Å². The number of thiazole rings is 1. The summed E-state index contributed by atoms with van der Waals surface area (Å²) in [6, 6.07) is 0. The van der Waals surface area contributed by atoms with Gasteiger partial charge in [0.25, 0.3) is 0 Å². The second-order valence-corrected chi connectivity index (χ2v) is 7.04. The first kappa shape index (κ1) is 16.9. The van der Waals surface area contributed by atoms with E-state index in [1.807, 2.05) is 6.20 Å². The summed E-state index contributed by atoms with van der Waals surface area (Å²) in [5, 5.41) is 11.2. The fourth-order valence-electron chi connectivity index (χ4n) is 1.64. The molecule has 1 aromatic rings. The van der Waals surface area contributed by atoms with Crippen molar-refractivity contribution in [3.05, 3.63) is 16.1 Å². The van der Waals surface area contributed by atoms with Crippen molar-refractivity contribution < 1.29 is 0 Å². The van der Waals surface area contributed by atoms with Crippen LogP contribution in [0.2, 0.25) is 0 Å². The van der Waals surface area contributed by atoms with Gasteiger partial charge < -0.3 is 16.0 Å². The first-order valence-electron chi connectivity index (χ1n) is 7.01. The van der Waals surface area contributed by atoms with E-state index in [1.54, 1.807) is 18.4 Å². The van der Waals surface area contributed by atoms with E-state index in [0.717, 1.165) is 32.0 Å². The third-order valence-electron chi connectivity index (χ3n) is 2.60. The van der Waals surface area contributed by atoms with Crippen LogP contribution in [0.4, 0.5) is 0 Å². The van der Waals surface area contributed by atoms with Gasteiger partial charge in [0, 0.05) is 49.7 Å². The lowest BCUT2D eigenvalue weighted by Gasteiger charge is -2.21. The predicted molar refractivity (Wildman–Crippen MR) is 87.7 cm³/mol. The number of hydrogen-bond acceptors (Lipinski definition) is 4. The Labute approximate surface area is 126 Å². The van der Waals surface area contributed by atoms with Gasteiger partial charge in [0.05, 0.1) is 5.01 Å². The zero-order valence-electron chi connectivity index (χ0n) is 13.2. The molecule has 0 spiro atoms. The van der Waals surface area contributed by atoms with Crippen molar-refractivity contribution in [2.75, 3.05) is 26.7 Å². The molecule has 1 rings (SSSR count). The molecule has 6 heteroatoms. The molecule has 0 fully saturated rings. The van der Waals surface area contributed by atoms with Crippen LogP contribution < -0.4 is 16.0 Å². The zero-order chi connectivity index (χ0) is 15.0. The molecular weight excluding hydrogens is 270 g/mol. The summed E-state index contributed by atoms with van der Waals surface area (Å²) in [4.78, 5) is 9.82. The largest absolute Gasteiger partial charge is 0.356 e. The molecule has 0 unspecified atom stereocenters. The fourth-order valence-corrected chi connectivity index (χ4v) is 2.43. The summed E-state index contributed by atoms with van der Waals surface area (Å²) in [6.45, 7) is 11.2. The molecule has 0 amide bonds. The summed E-state index contributed by atoms with van der Waals surface area (Å²) in [5.74, 6) is 0.842. The lowest BCUT2D eigenvalue weighted by Crippen LogP contribution is -2.44. The molecule has 0 aliphatic carbocycles. The van der Waals surface area contributed by atoms with E-state index in [9.17, 15) is 0 Å². The Balaban J connectivity index is 2.17. The van der Waals surface area contributed by atoms with Gasteiger partial charge >= 0.3 is 0 Å². The summed E-state index contributed by atoms with van der Waals surface area (Å²) in [5.41, 5.74) is 0.154. The summed E-state index contributed by atoms with van der Waals surface area (Å²) in [6.07, 6.45) is 2.85. The number of hydrogen-bond donors (Lipinski definition) is 3. The lowest BCUT2D eigenvalue weighted by atomic mass is 10.1. The molecule has 20 heavy (non-hydrogen) atoms. The van der Waals surface area contributed by atoms with Crippen LogP contribution in [-0.4, -0.2) is 43.2 Å². The van der Waals surface area contributed by atoms with Gasteiger partial charge in [-0.1, -0.05) is 0 Å². The Hall–Kier alpha value is -1.14. The fraction of sp³-hybridized carbons (Fsp3) is 0.714. The minimum absolute atomic E-state index is 0.154. The zero-order valence-corrected chi connectivity index (χ0v) is 14.0. The van der Waals surface area contributed by atoms with Crippen LogP contribution in [0.3, 0.4) is 0 Å². The normalized spacial score (nSPS) is 12.6. The SMILES string of the molecule is CN=C(NCCNC(C)(C)C)NCCc1ncc(C)s1. The molecule has 5 nitrogen and oxygen atoms in total. The number of aromatic nitrogens is 1. The quantitative estimate of drug-likeness (QED) is 0.423. The highest BCUT2D eigenvalue weighted by Gasteiger charge is 2.07. The van der Waals surface area contributed by atoms with E-state index in [2.05, 4.69) is 53.6 Å². The molecule has 0 atom stereocenters. The van der Waals surface area contributed by atoms with Gasteiger partial charge in [-0.2, -0.15) is 0 Å². The highest BCUT2D eigenvalue weighted by Crippen LogP contribution is 2.10. The standard InChI is InChI=1S/C14H27N5S/c1-11-10-18-12(20-11)6-7-16-13(15-5)17-8-9-19-14(2,3)4/h10,19H,6-9H2,1-5H3,(H2,15,16,17). The van der Waals surface area contributed by atoms with Crippen molar-refractivity contribution in [3.8, 4) is 0 Å². The van der Waals surface area contributed by atoms with Crippen LogP contribution in [0, 0.1) is 6.92 Å². The number of rotatable bonds is 6. The van der Waals surface area contributed by atoms with Crippen molar-refractivity contribution in [2.24, 2.45) is 4.99 Å². The monoisotopic (exact) mass is 297 g/mol. The second-order valence-electron chi connectivity index (χ2n) is 5.72. The van der Waals surface area contributed by atoms with Gasteiger partial charge in [-0.05, 0) is 27.7 Å². The minimum Gasteiger partial charge on any atom is -0.356 e. The van der Waals surface area contributed by atoms with Gasteiger partial charge in [0.15, 0.2) is 5.96 Å². The topological polar surface area (TPSA) is 61.3 Å². The van der Waals surface area contributed by atoms with E-state index in [4.69, 9.17) is 0 Å². The van der Waals surface area contributed by atoms with Crippen molar-refractivity contribution in [1.82, 2.24) is 20.9 Å². The Bertz CT molecular complexity index is 419. The Morgan fingerprint density at radius 1 is 1.25 bits per heavy atom. The van der Waals surface area contributed by atoms with Gasteiger partial charge in [-0.3, -0.25) is 4.99 Å². The van der Waals surface area contributed by atoms with Crippen molar-refractivity contribution in [2.45, 2.75) is 39.7 Å². The molecule has 1 aromatic heterocycles. The van der Waals surface area contributed by atoms with E-state index in [-0.39, 0.29) is 5.54 Å². The lowest BCUT2D eigenvalue weighted by molar-refractivity contribution is 0.428. The molecule has 0 aliphatic heterocycles. The molecule has 1 heterocycles. The maximum atomic E-state index is 4.35. The second kappa shape index (κ2) is 8.21. The molecule has 0 saturated carbocycles. The number of nitrogens with one attached hydrogen (secondary N) is 3. The first-order valence-corrected chi connectivity index (χ1v) is 7.83. The molecule has 3 N–H and O–H groups in total. The van der Waals surface area contributed by atoms with E-state index in [0.29, 0.717) is 0 Å². The average molecular weight is 297 g/mol. The van der Waals surface area contributed by atoms with Crippen molar-refractivity contribution >= 4 is 17.3 Å². The maximum Gasteiger partial charge on any atom is 0.191 e. The molecule has 0 radical (unpaired) electrons. The summed E-state index contributed by atoms with van der Waals surface area (Å²) in [7, 11) is 1.79. The summed E-state index contributed by atoms with van der Waals surface area (Å²) >= 11 is 1.75. The highest BCUT2D eigenvalue weighted by atomic mass is 32.1. The van der Waals surface area contributed by atoms with Crippen LogP contribution in [-0.2, 0) is 6.42 Å². The van der Waals surface area contributed by atoms with Crippen molar-refractivity contribution in [3.63, 3.8) is 0 Å². The molecule has 0 aromatic carbocycles.